The number of carbonyl (C=O) groups excluding carboxylic acids is 6. The van der Waals surface area contributed by atoms with Gasteiger partial charge < -0.3 is 25.6 Å². The molecule has 294 valence electrons. The van der Waals surface area contributed by atoms with E-state index in [2.05, 4.69) is 29.8 Å². The molecule has 13 nitrogen and oxygen atoms in total. The summed E-state index contributed by atoms with van der Waals surface area (Å²) in [6.07, 6.45) is 7.06. The van der Waals surface area contributed by atoms with Crippen LogP contribution in [0.5, 0.6) is 5.75 Å². The summed E-state index contributed by atoms with van der Waals surface area (Å²) < 4.78 is 23.2. The number of alkyl halides is 1. The number of hydrogen-bond donors (Lipinski definition) is 5. The van der Waals surface area contributed by atoms with E-state index in [0.717, 1.165) is 16.9 Å². The predicted octanol–water partition coefficient (Wildman–Crippen LogP) is 2.65. The van der Waals surface area contributed by atoms with Crippen molar-refractivity contribution in [3.05, 3.63) is 53.1 Å². The van der Waals surface area contributed by atoms with Crippen LogP contribution in [0.2, 0.25) is 0 Å². The minimum Gasteiger partial charge on any atom is -0.483 e. The monoisotopic (exact) mass is 760 g/mol. The zero-order valence-corrected chi connectivity index (χ0v) is 31.4. The molecule has 5 aliphatic carbocycles. The number of ether oxygens (including phenoxy) is 1. The Hall–Kier alpha value is -4.43. The van der Waals surface area contributed by atoms with Gasteiger partial charge in [0.15, 0.2) is 12.3 Å². The molecule has 0 radical (unpaired) electrons. The fraction of sp³-hybridized carbons (Fsp3) is 0.610. The van der Waals surface area contributed by atoms with E-state index >= 15 is 4.39 Å². The molecule has 2 unspecified atom stereocenters. The number of carbonyl (C=O) groups is 6. The summed E-state index contributed by atoms with van der Waals surface area (Å²) in [6, 6.07) is 3.31. The molecule has 7 aliphatic rings. The van der Waals surface area contributed by atoms with Gasteiger partial charge in [-0.3, -0.25) is 39.0 Å². The maximum atomic E-state index is 17.5. The van der Waals surface area contributed by atoms with Crippen molar-refractivity contribution in [2.24, 2.45) is 33.5 Å². The van der Waals surface area contributed by atoms with Crippen LogP contribution in [0.1, 0.15) is 99.3 Å². The van der Waals surface area contributed by atoms with Crippen molar-refractivity contribution in [1.82, 2.24) is 20.9 Å². The van der Waals surface area contributed by atoms with E-state index < -0.39 is 82.2 Å². The van der Waals surface area contributed by atoms with E-state index in [1.54, 1.807) is 18.2 Å². The second-order valence-electron chi connectivity index (χ2n) is 17.5. The van der Waals surface area contributed by atoms with E-state index in [1.807, 2.05) is 6.92 Å². The fourth-order valence-electron chi connectivity index (χ4n) is 12.0. The van der Waals surface area contributed by atoms with Crippen molar-refractivity contribution in [2.75, 3.05) is 19.7 Å². The Morgan fingerprint density at radius 3 is 2.47 bits per heavy atom. The normalized spacial score (nSPS) is 39.6. The van der Waals surface area contributed by atoms with Crippen molar-refractivity contribution in [1.29, 1.82) is 0 Å². The van der Waals surface area contributed by atoms with Crippen LogP contribution in [0.15, 0.2) is 42.0 Å². The Morgan fingerprint density at radius 2 is 1.73 bits per heavy atom. The highest BCUT2D eigenvalue weighted by Crippen LogP contribution is 2.86. The molecule has 5 fully saturated rings. The number of imide groups is 2. The van der Waals surface area contributed by atoms with Crippen LogP contribution in [-0.4, -0.2) is 94.2 Å². The van der Waals surface area contributed by atoms with Crippen molar-refractivity contribution < 1.29 is 48.1 Å². The van der Waals surface area contributed by atoms with Crippen molar-refractivity contribution in [3.63, 3.8) is 0 Å². The number of amides is 6. The molecule has 5 N–H and O–H groups in total. The van der Waals surface area contributed by atoms with E-state index in [0.29, 0.717) is 45.2 Å². The van der Waals surface area contributed by atoms with Gasteiger partial charge in [-0.05, 0) is 87.2 Å². The maximum absolute atomic E-state index is 17.5. The SMILES string of the molecule is C[C@]12C[C@H]3[C@@H]4CCC5=CC(O)C=C[C@]5(C)[C@@]4(F)[C@@H](O)C[C@]3(C)[C@]1(C(=O)NCCCCNC(=O)COc1cccc3c1C(=O)N(C1CCC(=O)NC1=O)C3=O)C2. The predicted molar refractivity (Wildman–Crippen MR) is 194 cm³/mol. The quantitative estimate of drug-likeness (QED) is 0.136. The highest BCUT2D eigenvalue weighted by Gasteiger charge is 2.86. The number of unbranched alkanes of at least 4 members (excludes halogenated alkanes) is 1. The number of rotatable bonds is 10. The number of benzene rings is 1. The molecule has 2 heterocycles. The molecule has 2 aliphatic heterocycles. The summed E-state index contributed by atoms with van der Waals surface area (Å²) in [5.41, 5.74) is -3.62. The number of halogens is 1. The third-order valence-corrected chi connectivity index (χ3v) is 14.7. The number of aliphatic hydroxyl groups excluding tert-OH is 2. The molecule has 6 amide bonds. The third-order valence-electron chi connectivity index (χ3n) is 14.7. The summed E-state index contributed by atoms with van der Waals surface area (Å²) in [5.74, 6) is -3.54. The average molecular weight is 761 g/mol. The molecule has 10 atom stereocenters. The summed E-state index contributed by atoms with van der Waals surface area (Å²) in [4.78, 5) is 77.9. The lowest BCUT2D eigenvalue weighted by Crippen LogP contribution is -2.67. The van der Waals surface area contributed by atoms with Crippen LogP contribution in [-0.2, 0) is 19.2 Å². The molecule has 1 aromatic carbocycles. The first-order valence-electron chi connectivity index (χ1n) is 19.5. The van der Waals surface area contributed by atoms with Gasteiger partial charge in [-0.15, -0.1) is 0 Å². The van der Waals surface area contributed by atoms with Gasteiger partial charge in [0, 0.05) is 30.8 Å². The van der Waals surface area contributed by atoms with Crippen LogP contribution < -0.4 is 20.7 Å². The Balaban J connectivity index is 0.824. The van der Waals surface area contributed by atoms with Gasteiger partial charge in [-0.25, -0.2) is 4.39 Å². The summed E-state index contributed by atoms with van der Waals surface area (Å²) in [7, 11) is 0. The maximum Gasteiger partial charge on any atom is 0.266 e. The molecular formula is C41H49FN4O9. The number of hydrogen-bond acceptors (Lipinski definition) is 9. The number of nitrogens with one attached hydrogen (secondary N) is 3. The standard InChI is InChI=1S/C41H49FN4O9/c1-37-18-26-25-10-9-22-17-23(47)13-14-38(22,2)41(25,42)29(48)19-39(26,3)40(37,21-37)36(54)44-16-5-4-15-43-31(50)20-55-28-8-6-7-24-32(28)35(53)46(34(24)52)27-11-12-30(49)45-33(27)51/h6-8,13-14,17,23,25-27,29,47-48H,4-5,9-12,15-16,18-21H2,1-3H3,(H,43,50)(H,44,54)(H,45,49,51)/t23?,25-,26-,27?,29-,37+,38-,39-,40-,41-/m0/s1. The Morgan fingerprint density at radius 1 is 0.982 bits per heavy atom. The van der Waals surface area contributed by atoms with Crippen molar-refractivity contribution >= 4 is 35.4 Å². The first kappa shape index (κ1) is 37.5. The average Bonchev–Trinajstić information content (AvgIpc) is 3.63. The third kappa shape index (κ3) is 5.22. The van der Waals surface area contributed by atoms with Gasteiger partial charge >= 0.3 is 0 Å². The van der Waals surface area contributed by atoms with Gasteiger partial charge in [-0.2, -0.15) is 0 Å². The minimum absolute atomic E-state index is 0.00183. The first-order chi connectivity index (χ1) is 26.0. The Labute approximate surface area is 318 Å². The van der Waals surface area contributed by atoms with Crippen LogP contribution in [0.3, 0.4) is 0 Å². The van der Waals surface area contributed by atoms with E-state index in [9.17, 15) is 39.0 Å². The number of piperidine rings is 1. The lowest BCUT2D eigenvalue weighted by atomic mass is 9.44. The molecule has 0 bridgehead atoms. The van der Waals surface area contributed by atoms with Crippen LogP contribution >= 0.6 is 0 Å². The van der Waals surface area contributed by atoms with Gasteiger partial charge in [0.2, 0.25) is 17.7 Å². The molecule has 0 aromatic heterocycles. The van der Waals surface area contributed by atoms with E-state index in [1.165, 1.54) is 18.2 Å². The highest BCUT2D eigenvalue weighted by atomic mass is 19.1. The second-order valence-corrected chi connectivity index (χ2v) is 17.5. The summed E-state index contributed by atoms with van der Waals surface area (Å²) in [5, 5.41) is 30.0. The van der Waals surface area contributed by atoms with E-state index in [-0.39, 0.29) is 53.4 Å². The Kier molecular flexibility index (Phi) is 8.73. The van der Waals surface area contributed by atoms with Crippen LogP contribution in [0, 0.1) is 33.5 Å². The largest absolute Gasteiger partial charge is 0.483 e. The fourth-order valence-corrected chi connectivity index (χ4v) is 12.0. The van der Waals surface area contributed by atoms with Crippen molar-refractivity contribution in [2.45, 2.75) is 102 Å². The molecule has 8 rings (SSSR count). The highest BCUT2D eigenvalue weighted by molar-refractivity contribution is 6.24. The molecule has 0 spiro atoms. The van der Waals surface area contributed by atoms with Gasteiger partial charge in [0.05, 0.1) is 28.7 Å². The zero-order valence-electron chi connectivity index (χ0n) is 31.4. The summed E-state index contributed by atoms with van der Waals surface area (Å²) >= 11 is 0. The van der Waals surface area contributed by atoms with Gasteiger partial charge in [-0.1, -0.05) is 43.7 Å². The number of fused-ring (bicyclic) bond motifs is 8. The zero-order chi connectivity index (χ0) is 39.3. The minimum atomic E-state index is -1.89. The molecule has 1 saturated heterocycles. The topological polar surface area (TPSA) is 191 Å². The summed E-state index contributed by atoms with van der Waals surface area (Å²) in [6.45, 7) is 6.32. The van der Waals surface area contributed by atoms with Gasteiger partial charge in [0.1, 0.15) is 11.8 Å². The number of nitrogens with zero attached hydrogens (tertiary/aromatic N) is 1. The lowest BCUT2D eigenvalue weighted by Gasteiger charge is -2.62. The number of aliphatic hydroxyl groups is 2. The lowest BCUT2D eigenvalue weighted by molar-refractivity contribution is -0.202. The number of allylic oxidation sites excluding steroid dienone is 2. The van der Waals surface area contributed by atoms with Crippen LogP contribution in [0.4, 0.5) is 4.39 Å². The van der Waals surface area contributed by atoms with Crippen molar-refractivity contribution in [3.8, 4) is 5.75 Å². The van der Waals surface area contributed by atoms with Crippen LogP contribution in [0.25, 0.3) is 0 Å². The molecule has 4 saturated carbocycles. The molecule has 14 heteroatoms. The first-order valence-corrected chi connectivity index (χ1v) is 19.5. The van der Waals surface area contributed by atoms with Gasteiger partial charge in [0.25, 0.3) is 17.7 Å². The molecule has 55 heavy (non-hydrogen) atoms. The molecule has 1 aromatic rings. The Bertz CT molecular complexity index is 1970. The second kappa shape index (κ2) is 12.8. The van der Waals surface area contributed by atoms with E-state index in [4.69, 9.17) is 4.74 Å². The smallest absolute Gasteiger partial charge is 0.266 e. The molecular weight excluding hydrogens is 711 g/mol.